The fourth-order valence-electron chi connectivity index (χ4n) is 1.67. The van der Waals surface area contributed by atoms with Gasteiger partial charge in [-0.1, -0.05) is 6.42 Å². The smallest absolute Gasteiger partial charge is 0.0431 e. The molecule has 12 heavy (non-hydrogen) atoms. The van der Waals surface area contributed by atoms with E-state index in [2.05, 4.69) is 5.32 Å². The molecule has 1 heterocycles. The number of aliphatic hydroxyl groups excluding tert-OH is 1. The van der Waals surface area contributed by atoms with E-state index >= 15 is 0 Å². The lowest BCUT2D eigenvalue weighted by molar-refractivity contribution is 0.275. The summed E-state index contributed by atoms with van der Waals surface area (Å²) < 4.78 is 0. The van der Waals surface area contributed by atoms with Gasteiger partial charge in [-0.15, -0.1) is 12.4 Å². The standard InChI is InChI=1S/C9H19NO.ClH/c11-8-4-2-6-9-5-1-3-7-10-9;/h9-11H,1-8H2;1H/t9-;/m1./s1. The summed E-state index contributed by atoms with van der Waals surface area (Å²) in [5, 5.41) is 12.1. The largest absolute Gasteiger partial charge is 0.396 e. The van der Waals surface area contributed by atoms with Crippen molar-refractivity contribution in [3.05, 3.63) is 0 Å². The maximum absolute atomic E-state index is 8.58. The third kappa shape index (κ3) is 4.96. The highest BCUT2D eigenvalue weighted by atomic mass is 35.5. The second-order valence-electron chi connectivity index (χ2n) is 3.37. The van der Waals surface area contributed by atoms with Crippen LogP contribution in [0.1, 0.15) is 38.5 Å². The van der Waals surface area contributed by atoms with Crippen molar-refractivity contribution in [2.24, 2.45) is 0 Å². The lowest BCUT2D eigenvalue weighted by Crippen LogP contribution is -2.33. The predicted molar refractivity (Wildman–Crippen MR) is 53.8 cm³/mol. The zero-order valence-electron chi connectivity index (χ0n) is 7.59. The van der Waals surface area contributed by atoms with E-state index in [4.69, 9.17) is 5.11 Å². The molecule has 0 aromatic rings. The number of hydrogen-bond acceptors (Lipinski definition) is 2. The van der Waals surface area contributed by atoms with E-state index in [-0.39, 0.29) is 12.4 Å². The second-order valence-corrected chi connectivity index (χ2v) is 3.37. The van der Waals surface area contributed by atoms with Crippen LogP contribution in [0.3, 0.4) is 0 Å². The third-order valence-corrected chi connectivity index (χ3v) is 2.37. The third-order valence-electron chi connectivity index (χ3n) is 2.37. The normalized spacial score (nSPS) is 23.2. The maximum atomic E-state index is 8.58. The topological polar surface area (TPSA) is 32.3 Å². The van der Waals surface area contributed by atoms with Crippen molar-refractivity contribution in [3.8, 4) is 0 Å². The van der Waals surface area contributed by atoms with Crippen LogP contribution in [0.2, 0.25) is 0 Å². The molecule has 2 N–H and O–H groups in total. The molecule has 0 aliphatic carbocycles. The van der Waals surface area contributed by atoms with Gasteiger partial charge in [0.1, 0.15) is 0 Å². The molecular weight excluding hydrogens is 174 g/mol. The zero-order valence-corrected chi connectivity index (χ0v) is 8.41. The van der Waals surface area contributed by atoms with Crippen molar-refractivity contribution < 1.29 is 5.11 Å². The average molecular weight is 194 g/mol. The van der Waals surface area contributed by atoms with Crippen molar-refractivity contribution in [1.29, 1.82) is 0 Å². The first-order valence-corrected chi connectivity index (χ1v) is 4.77. The van der Waals surface area contributed by atoms with Crippen LogP contribution in [-0.2, 0) is 0 Å². The number of rotatable bonds is 4. The first kappa shape index (κ1) is 12.2. The fourth-order valence-corrected chi connectivity index (χ4v) is 1.67. The molecule has 1 fully saturated rings. The Labute approximate surface area is 81.2 Å². The number of nitrogens with one attached hydrogen (secondary N) is 1. The molecule has 1 rings (SSSR count). The second kappa shape index (κ2) is 7.84. The summed E-state index contributed by atoms with van der Waals surface area (Å²) in [4.78, 5) is 0. The molecule has 0 unspecified atom stereocenters. The summed E-state index contributed by atoms with van der Waals surface area (Å²) in [5.41, 5.74) is 0. The Morgan fingerprint density at radius 3 is 2.67 bits per heavy atom. The molecule has 0 aromatic carbocycles. The van der Waals surface area contributed by atoms with E-state index in [1.54, 1.807) is 0 Å². The summed E-state index contributed by atoms with van der Waals surface area (Å²) in [7, 11) is 0. The van der Waals surface area contributed by atoms with Gasteiger partial charge in [-0.2, -0.15) is 0 Å². The molecule has 74 valence electrons. The lowest BCUT2D eigenvalue weighted by atomic mass is 10.00. The maximum Gasteiger partial charge on any atom is 0.0431 e. The monoisotopic (exact) mass is 193 g/mol. The van der Waals surface area contributed by atoms with Gasteiger partial charge in [0.05, 0.1) is 0 Å². The molecule has 0 aromatic heterocycles. The van der Waals surface area contributed by atoms with Crippen LogP contribution < -0.4 is 5.32 Å². The number of halogens is 1. The van der Waals surface area contributed by atoms with Crippen LogP contribution in [0, 0.1) is 0 Å². The number of hydrogen-bond donors (Lipinski definition) is 2. The van der Waals surface area contributed by atoms with Gasteiger partial charge < -0.3 is 10.4 Å². The van der Waals surface area contributed by atoms with Gasteiger partial charge >= 0.3 is 0 Å². The Bertz CT molecular complexity index is 94.5. The molecule has 0 saturated carbocycles. The summed E-state index contributed by atoms with van der Waals surface area (Å²) in [5.74, 6) is 0. The van der Waals surface area contributed by atoms with Crippen molar-refractivity contribution in [3.63, 3.8) is 0 Å². The molecule has 3 heteroatoms. The summed E-state index contributed by atoms with van der Waals surface area (Å²) in [6.07, 6.45) is 7.46. The molecule has 2 nitrogen and oxygen atoms in total. The molecule has 0 radical (unpaired) electrons. The van der Waals surface area contributed by atoms with Crippen LogP contribution >= 0.6 is 12.4 Å². The first-order valence-electron chi connectivity index (χ1n) is 4.77. The van der Waals surface area contributed by atoms with E-state index < -0.39 is 0 Å². The van der Waals surface area contributed by atoms with Crippen LogP contribution in [0.15, 0.2) is 0 Å². The SMILES string of the molecule is Cl.OCCCC[C@H]1CCCCN1. The molecule has 1 aliphatic rings. The average Bonchev–Trinajstić information content (AvgIpc) is 2.07. The van der Waals surface area contributed by atoms with E-state index in [1.807, 2.05) is 0 Å². The van der Waals surface area contributed by atoms with Crippen molar-refractivity contribution in [1.82, 2.24) is 5.32 Å². The highest BCUT2D eigenvalue weighted by Crippen LogP contribution is 2.12. The highest BCUT2D eigenvalue weighted by molar-refractivity contribution is 5.85. The molecule has 1 saturated heterocycles. The highest BCUT2D eigenvalue weighted by Gasteiger charge is 2.10. The van der Waals surface area contributed by atoms with Gasteiger partial charge in [-0.3, -0.25) is 0 Å². The Balaban J connectivity index is 0.00000121. The molecule has 1 atom stereocenters. The minimum atomic E-state index is 0. The lowest BCUT2D eigenvalue weighted by Gasteiger charge is -2.23. The fraction of sp³-hybridized carbons (Fsp3) is 1.00. The molecular formula is C9H20ClNO. The van der Waals surface area contributed by atoms with Gasteiger partial charge in [0.25, 0.3) is 0 Å². The quantitative estimate of drug-likeness (QED) is 0.667. The first-order chi connectivity index (χ1) is 5.43. The number of piperidine rings is 1. The van der Waals surface area contributed by atoms with E-state index in [1.165, 1.54) is 38.6 Å². The van der Waals surface area contributed by atoms with Gasteiger partial charge in [-0.05, 0) is 38.6 Å². The minimum absolute atomic E-state index is 0. The van der Waals surface area contributed by atoms with Crippen molar-refractivity contribution >= 4 is 12.4 Å². The Kier molecular flexibility index (Phi) is 7.98. The van der Waals surface area contributed by atoms with Crippen LogP contribution in [0.4, 0.5) is 0 Å². The minimum Gasteiger partial charge on any atom is -0.396 e. The van der Waals surface area contributed by atoms with Gasteiger partial charge in [0.15, 0.2) is 0 Å². The zero-order chi connectivity index (χ0) is 7.94. The van der Waals surface area contributed by atoms with Crippen LogP contribution in [-0.4, -0.2) is 24.3 Å². The van der Waals surface area contributed by atoms with Gasteiger partial charge in [0, 0.05) is 12.6 Å². The Morgan fingerprint density at radius 1 is 1.25 bits per heavy atom. The Morgan fingerprint density at radius 2 is 2.08 bits per heavy atom. The molecule has 0 amide bonds. The summed E-state index contributed by atoms with van der Waals surface area (Å²) >= 11 is 0. The van der Waals surface area contributed by atoms with Gasteiger partial charge in [0.2, 0.25) is 0 Å². The number of unbranched alkanes of at least 4 members (excludes halogenated alkanes) is 1. The number of aliphatic hydroxyl groups is 1. The molecule has 0 spiro atoms. The van der Waals surface area contributed by atoms with Crippen LogP contribution in [0.25, 0.3) is 0 Å². The van der Waals surface area contributed by atoms with Crippen molar-refractivity contribution in [2.45, 2.75) is 44.6 Å². The predicted octanol–water partition coefficient (Wildman–Crippen LogP) is 1.71. The summed E-state index contributed by atoms with van der Waals surface area (Å²) in [6.45, 7) is 1.55. The van der Waals surface area contributed by atoms with E-state index in [9.17, 15) is 0 Å². The van der Waals surface area contributed by atoms with Crippen molar-refractivity contribution in [2.75, 3.05) is 13.2 Å². The molecule has 1 aliphatic heterocycles. The summed E-state index contributed by atoms with van der Waals surface area (Å²) in [6, 6.07) is 0.746. The van der Waals surface area contributed by atoms with E-state index in [0.717, 1.165) is 12.5 Å². The van der Waals surface area contributed by atoms with Crippen LogP contribution in [0.5, 0.6) is 0 Å². The van der Waals surface area contributed by atoms with Gasteiger partial charge in [-0.25, -0.2) is 0 Å². The molecule has 0 bridgehead atoms. The Hall–Kier alpha value is 0.210. The van der Waals surface area contributed by atoms with E-state index in [0.29, 0.717) is 6.61 Å².